The second-order valence-electron chi connectivity index (χ2n) is 3.96. The van der Waals surface area contributed by atoms with Crippen LogP contribution in [0.25, 0.3) is 0 Å². The molecule has 2 heterocycles. The highest BCUT2D eigenvalue weighted by Crippen LogP contribution is 2.13. The van der Waals surface area contributed by atoms with Crippen molar-refractivity contribution in [3.63, 3.8) is 0 Å². The molecule has 4 nitrogen and oxygen atoms in total. The maximum atomic E-state index is 12.0. The van der Waals surface area contributed by atoms with Gasteiger partial charge >= 0.3 is 0 Å². The van der Waals surface area contributed by atoms with E-state index in [0.717, 1.165) is 13.1 Å². The number of carbonyl (C=O) groups excluding carboxylic acids is 1. The molecule has 2 atom stereocenters. The van der Waals surface area contributed by atoms with E-state index < -0.39 is 0 Å². The van der Waals surface area contributed by atoms with Crippen LogP contribution in [0.3, 0.4) is 0 Å². The number of amides is 1. The highest BCUT2D eigenvalue weighted by Gasteiger charge is 2.29. The van der Waals surface area contributed by atoms with Gasteiger partial charge in [0.15, 0.2) is 5.76 Å². The fourth-order valence-corrected chi connectivity index (χ4v) is 1.89. The summed E-state index contributed by atoms with van der Waals surface area (Å²) < 4.78 is 5.12. The Morgan fingerprint density at radius 3 is 3.07 bits per heavy atom. The zero-order chi connectivity index (χ0) is 10.8. The maximum Gasteiger partial charge on any atom is 0.289 e. The van der Waals surface area contributed by atoms with Gasteiger partial charge in [-0.2, -0.15) is 0 Å². The van der Waals surface area contributed by atoms with E-state index in [1.165, 1.54) is 6.26 Å². The van der Waals surface area contributed by atoms with Crippen molar-refractivity contribution < 1.29 is 9.21 Å². The lowest BCUT2D eigenvalue weighted by Gasteiger charge is -2.38. The Kier molecular flexibility index (Phi) is 2.77. The molecule has 2 rings (SSSR count). The number of rotatable bonds is 1. The van der Waals surface area contributed by atoms with Crippen molar-refractivity contribution >= 4 is 5.91 Å². The van der Waals surface area contributed by atoms with Crippen LogP contribution in [-0.2, 0) is 0 Å². The van der Waals surface area contributed by atoms with Crippen LogP contribution in [0.2, 0.25) is 0 Å². The van der Waals surface area contributed by atoms with Crippen LogP contribution in [0.15, 0.2) is 22.8 Å². The molecule has 1 aromatic heterocycles. The van der Waals surface area contributed by atoms with E-state index in [9.17, 15) is 4.79 Å². The number of piperazine rings is 1. The molecule has 1 aliphatic heterocycles. The SMILES string of the molecule is C[C@@H]1NCCN(C(=O)c2ccco2)[C@@H]1C. The van der Waals surface area contributed by atoms with E-state index in [2.05, 4.69) is 19.2 Å². The lowest BCUT2D eigenvalue weighted by Crippen LogP contribution is -2.57. The van der Waals surface area contributed by atoms with Crippen molar-refractivity contribution in [1.82, 2.24) is 10.2 Å². The van der Waals surface area contributed by atoms with Gasteiger partial charge in [-0.25, -0.2) is 0 Å². The molecule has 1 aromatic rings. The van der Waals surface area contributed by atoms with E-state index in [0.29, 0.717) is 11.8 Å². The Hall–Kier alpha value is -1.29. The van der Waals surface area contributed by atoms with E-state index in [-0.39, 0.29) is 11.9 Å². The number of hydrogen-bond donors (Lipinski definition) is 1. The molecular formula is C11H16N2O2. The minimum atomic E-state index is -0.0131. The Morgan fingerprint density at radius 1 is 1.60 bits per heavy atom. The summed E-state index contributed by atoms with van der Waals surface area (Å²) in [4.78, 5) is 13.9. The lowest BCUT2D eigenvalue weighted by molar-refractivity contribution is 0.0571. The van der Waals surface area contributed by atoms with E-state index in [1.54, 1.807) is 12.1 Å². The van der Waals surface area contributed by atoms with Gasteiger partial charge in [-0.15, -0.1) is 0 Å². The van der Waals surface area contributed by atoms with Crippen molar-refractivity contribution in [3.05, 3.63) is 24.2 Å². The molecule has 0 bridgehead atoms. The van der Waals surface area contributed by atoms with Crippen molar-refractivity contribution in [2.24, 2.45) is 0 Å². The van der Waals surface area contributed by atoms with Crippen LogP contribution in [0.4, 0.5) is 0 Å². The fourth-order valence-electron chi connectivity index (χ4n) is 1.89. The van der Waals surface area contributed by atoms with Gasteiger partial charge in [0, 0.05) is 25.2 Å². The first kappa shape index (κ1) is 10.2. The molecule has 0 aliphatic carbocycles. The second kappa shape index (κ2) is 4.06. The standard InChI is InChI=1S/C11H16N2O2/c1-8-9(2)13(6-5-12-8)11(14)10-4-3-7-15-10/h3-4,7-9,12H,5-6H2,1-2H3/t8-,9+/m0/s1. The zero-order valence-electron chi connectivity index (χ0n) is 9.06. The summed E-state index contributed by atoms with van der Waals surface area (Å²) in [7, 11) is 0. The van der Waals surface area contributed by atoms with Crippen LogP contribution in [0.5, 0.6) is 0 Å². The van der Waals surface area contributed by atoms with E-state index >= 15 is 0 Å². The summed E-state index contributed by atoms with van der Waals surface area (Å²) in [6.45, 7) is 5.73. The molecule has 1 saturated heterocycles. The molecule has 15 heavy (non-hydrogen) atoms. The van der Waals surface area contributed by atoms with Gasteiger partial charge in [0.1, 0.15) is 0 Å². The third-order valence-corrected chi connectivity index (χ3v) is 3.03. The van der Waals surface area contributed by atoms with Gasteiger partial charge in [0.2, 0.25) is 0 Å². The average molecular weight is 208 g/mol. The molecule has 4 heteroatoms. The van der Waals surface area contributed by atoms with Gasteiger partial charge in [-0.05, 0) is 26.0 Å². The van der Waals surface area contributed by atoms with Crippen molar-refractivity contribution in [2.75, 3.05) is 13.1 Å². The van der Waals surface area contributed by atoms with E-state index in [4.69, 9.17) is 4.42 Å². The molecule has 0 radical (unpaired) electrons. The predicted octanol–water partition coefficient (Wildman–Crippen LogP) is 1.10. The first-order chi connectivity index (χ1) is 7.20. The highest BCUT2D eigenvalue weighted by atomic mass is 16.3. The Morgan fingerprint density at radius 2 is 2.40 bits per heavy atom. The minimum absolute atomic E-state index is 0.0131. The molecule has 0 aromatic carbocycles. The summed E-state index contributed by atoms with van der Waals surface area (Å²) >= 11 is 0. The number of nitrogens with one attached hydrogen (secondary N) is 1. The van der Waals surface area contributed by atoms with Gasteiger partial charge in [0.25, 0.3) is 5.91 Å². The highest BCUT2D eigenvalue weighted by molar-refractivity contribution is 5.91. The topological polar surface area (TPSA) is 45.5 Å². The molecule has 1 aliphatic rings. The predicted molar refractivity (Wildman–Crippen MR) is 56.7 cm³/mol. The Bertz CT molecular complexity index is 334. The minimum Gasteiger partial charge on any atom is -0.459 e. The molecule has 0 unspecified atom stereocenters. The number of nitrogens with zero attached hydrogens (tertiary/aromatic N) is 1. The maximum absolute atomic E-state index is 12.0. The van der Waals surface area contributed by atoms with Gasteiger partial charge in [-0.3, -0.25) is 4.79 Å². The Labute approximate surface area is 89.2 Å². The number of hydrogen-bond acceptors (Lipinski definition) is 3. The molecular weight excluding hydrogens is 192 g/mol. The van der Waals surface area contributed by atoms with E-state index in [1.807, 2.05) is 4.90 Å². The van der Waals surface area contributed by atoms with Crippen LogP contribution >= 0.6 is 0 Å². The van der Waals surface area contributed by atoms with Crippen molar-refractivity contribution in [1.29, 1.82) is 0 Å². The van der Waals surface area contributed by atoms with Crippen LogP contribution in [0, 0.1) is 0 Å². The summed E-state index contributed by atoms with van der Waals surface area (Å²) in [6.07, 6.45) is 1.53. The Balaban J connectivity index is 2.13. The molecule has 1 amide bonds. The fraction of sp³-hybridized carbons (Fsp3) is 0.545. The molecule has 0 spiro atoms. The smallest absolute Gasteiger partial charge is 0.289 e. The number of furan rings is 1. The molecule has 1 N–H and O–H groups in total. The summed E-state index contributed by atoms with van der Waals surface area (Å²) in [5.74, 6) is 0.414. The van der Waals surface area contributed by atoms with Gasteiger partial charge in [0.05, 0.1) is 6.26 Å². The second-order valence-corrected chi connectivity index (χ2v) is 3.96. The average Bonchev–Trinajstić information content (AvgIpc) is 2.74. The molecule has 0 saturated carbocycles. The molecule has 82 valence electrons. The van der Waals surface area contributed by atoms with Gasteiger partial charge < -0.3 is 14.6 Å². The quantitative estimate of drug-likeness (QED) is 0.751. The first-order valence-electron chi connectivity index (χ1n) is 5.28. The third-order valence-electron chi connectivity index (χ3n) is 3.03. The van der Waals surface area contributed by atoms with Crippen LogP contribution in [0.1, 0.15) is 24.4 Å². The van der Waals surface area contributed by atoms with Crippen LogP contribution in [-0.4, -0.2) is 36.0 Å². The van der Waals surface area contributed by atoms with Crippen molar-refractivity contribution in [2.45, 2.75) is 25.9 Å². The zero-order valence-corrected chi connectivity index (χ0v) is 9.06. The normalized spacial score (nSPS) is 26.7. The summed E-state index contributed by atoms with van der Waals surface area (Å²) in [6, 6.07) is 3.99. The summed E-state index contributed by atoms with van der Waals surface area (Å²) in [5.41, 5.74) is 0. The van der Waals surface area contributed by atoms with Crippen molar-refractivity contribution in [3.8, 4) is 0 Å². The van der Waals surface area contributed by atoms with Crippen LogP contribution < -0.4 is 5.32 Å². The third kappa shape index (κ3) is 1.90. The molecule has 1 fully saturated rings. The largest absolute Gasteiger partial charge is 0.459 e. The van der Waals surface area contributed by atoms with Gasteiger partial charge in [-0.1, -0.05) is 0 Å². The lowest BCUT2D eigenvalue weighted by atomic mass is 10.1. The summed E-state index contributed by atoms with van der Waals surface area (Å²) in [5, 5.41) is 3.34. The first-order valence-corrected chi connectivity index (χ1v) is 5.28. The monoisotopic (exact) mass is 208 g/mol. The number of carbonyl (C=O) groups is 1.